The fourth-order valence-electron chi connectivity index (χ4n) is 5.68. The molecule has 12 heteroatoms. The highest BCUT2D eigenvalue weighted by Crippen LogP contribution is 2.35. The third kappa shape index (κ3) is 6.87. The number of ether oxygens (including phenoxy) is 3. The van der Waals surface area contributed by atoms with E-state index in [-0.39, 0.29) is 49.9 Å². The van der Waals surface area contributed by atoms with Crippen molar-refractivity contribution in [3.8, 4) is 17.2 Å². The summed E-state index contributed by atoms with van der Waals surface area (Å²) in [6.45, 7) is 4.10. The van der Waals surface area contributed by atoms with Gasteiger partial charge in [0.05, 0.1) is 30.4 Å². The second-order valence-corrected chi connectivity index (χ2v) is 11.8. The van der Waals surface area contributed by atoms with Gasteiger partial charge in [0, 0.05) is 42.3 Å². The van der Waals surface area contributed by atoms with Crippen LogP contribution in [0.3, 0.4) is 0 Å². The van der Waals surface area contributed by atoms with E-state index in [2.05, 4.69) is 16.0 Å². The lowest BCUT2D eigenvalue weighted by molar-refractivity contribution is 0.0371. The van der Waals surface area contributed by atoms with Crippen LogP contribution < -0.4 is 30.2 Å². The van der Waals surface area contributed by atoms with Crippen molar-refractivity contribution in [1.82, 2.24) is 9.80 Å². The summed E-state index contributed by atoms with van der Waals surface area (Å²) in [4.78, 5) is 43.2. The molecule has 0 saturated carbocycles. The maximum atomic E-state index is 13.8. The summed E-state index contributed by atoms with van der Waals surface area (Å²) in [7, 11) is 1.67. The Bertz CT molecular complexity index is 1810. The van der Waals surface area contributed by atoms with Crippen LogP contribution in [0.1, 0.15) is 24.2 Å². The molecule has 4 aromatic carbocycles. The number of nitrogens with one attached hydrogen (secondary N) is 3. The molecule has 2 heterocycles. The molecule has 2 aliphatic rings. The lowest BCUT2D eigenvalue weighted by Crippen LogP contribution is -2.50. The minimum absolute atomic E-state index is 0.134. The van der Waals surface area contributed by atoms with Gasteiger partial charge in [-0.05, 0) is 48.7 Å². The third-order valence-corrected chi connectivity index (χ3v) is 8.38. The van der Waals surface area contributed by atoms with Gasteiger partial charge in [0.2, 0.25) is 6.79 Å². The van der Waals surface area contributed by atoms with E-state index in [4.69, 9.17) is 14.2 Å². The Morgan fingerprint density at radius 3 is 2.47 bits per heavy atom. The highest BCUT2D eigenvalue weighted by atomic mass is 16.7. The van der Waals surface area contributed by atoms with Gasteiger partial charge in [0.25, 0.3) is 5.91 Å². The van der Waals surface area contributed by atoms with Gasteiger partial charge in [-0.3, -0.25) is 4.79 Å². The minimum atomic E-state index is -0.504. The van der Waals surface area contributed by atoms with E-state index in [1.54, 1.807) is 55.3 Å². The van der Waals surface area contributed by atoms with E-state index in [1.807, 2.05) is 49.4 Å². The highest BCUT2D eigenvalue weighted by molar-refractivity contribution is 6.07. The van der Waals surface area contributed by atoms with Crippen LogP contribution in [0.4, 0.5) is 26.7 Å². The Hall–Kier alpha value is -5.49. The van der Waals surface area contributed by atoms with Crippen LogP contribution in [0.15, 0.2) is 78.9 Å². The number of likely N-dealkylation sites (N-methyl/N-ethyl adjacent to an activating group) is 1. The summed E-state index contributed by atoms with van der Waals surface area (Å²) in [5, 5.41) is 20.5. The van der Waals surface area contributed by atoms with E-state index >= 15 is 0 Å². The number of aliphatic hydroxyl groups is 1. The molecule has 0 spiro atoms. The molecule has 4 N–H and O–H groups in total. The zero-order valence-corrected chi connectivity index (χ0v) is 26.4. The Morgan fingerprint density at radius 2 is 1.66 bits per heavy atom. The van der Waals surface area contributed by atoms with Gasteiger partial charge in [-0.15, -0.1) is 0 Å². The van der Waals surface area contributed by atoms with Crippen LogP contribution in [0.5, 0.6) is 17.2 Å². The number of amides is 5. The van der Waals surface area contributed by atoms with E-state index < -0.39 is 18.2 Å². The van der Waals surface area contributed by atoms with Gasteiger partial charge in [0.15, 0.2) is 11.5 Å². The normalized spacial score (nSPS) is 17.5. The van der Waals surface area contributed by atoms with Gasteiger partial charge in [-0.25, -0.2) is 9.59 Å². The molecular weight excluding hydrogens is 602 g/mol. The van der Waals surface area contributed by atoms with Crippen molar-refractivity contribution in [2.75, 3.05) is 49.5 Å². The van der Waals surface area contributed by atoms with Crippen molar-refractivity contribution in [2.24, 2.45) is 5.92 Å². The first kappa shape index (κ1) is 31.5. The number of hydrogen-bond acceptors (Lipinski definition) is 7. The maximum absolute atomic E-state index is 13.8. The van der Waals surface area contributed by atoms with Gasteiger partial charge < -0.3 is 45.1 Å². The van der Waals surface area contributed by atoms with Crippen molar-refractivity contribution >= 4 is 45.8 Å². The summed E-state index contributed by atoms with van der Waals surface area (Å²) in [5.41, 5.74) is 1.83. The fraction of sp³-hybridized carbons (Fsp3) is 0.286. The van der Waals surface area contributed by atoms with Gasteiger partial charge in [-0.2, -0.15) is 0 Å². The van der Waals surface area contributed by atoms with Crippen LogP contribution in [-0.2, 0) is 0 Å². The topological polar surface area (TPSA) is 142 Å². The number of nitrogens with zero attached hydrogens (tertiary/aromatic N) is 2. The van der Waals surface area contributed by atoms with Crippen molar-refractivity contribution < 1.29 is 33.7 Å². The minimum Gasteiger partial charge on any atom is -0.487 e. The second-order valence-electron chi connectivity index (χ2n) is 11.8. The number of anilines is 3. The standard InChI is InChI=1S/C35H37N5O7/c1-21-17-40(22(2)19-41)33(42)27-15-24(36-34(43)38-28-10-6-8-23-7-4-5-9-26(23)28)11-13-29(27)47-32(21)18-39(3)35(44)37-25-12-14-30-31(16-25)46-20-45-30/h4-16,21-22,32,41H,17-20H2,1-3H3,(H,37,44)(H2,36,38,43)/t21-,22+,32-/m0/s1. The Balaban J connectivity index is 1.20. The SMILES string of the molecule is C[C@H](CO)N1C[C@H](C)[C@H](CN(C)C(=O)Nc2ccc3c(c2)OCO3)Oc2ccc(NC(=O)Nc3cccc4ccccc34)cc2C1=O. The zero-order chi connectivity index (χ0) is 33.1. The van der Waals surface area contributed by atoms with E-state index in [0.717, 1.165) is 10.8 Å². The Morgan fingerprint density at radius 1 is 0.936 bits per heavy atom. The Kier molecular flexibility index (Phi) is 9.03. The first-order valence-corrected chi connectivity index (χ1v) is 15.4. The quantitative estimate of drug-likeness (QED) is 0.206. The van der Waals surface area contributed by atoms with Gasteiger partial charge >= 0.3 is 12.1 Å². The highest BCUT2D eigenvalue weighted by Gasteiger charge is 2.34. The number of benzene rings is 4. The molecule has 6 rings (SSSR count). The lowest BCUT2D eigenvalue weighted by atomic mass is 9.99. The molecule has 3 atom stereocenters. The van der Waals surface area contributed by atoms with Crippen LogP contribution in [0, 0.1) is 5.92 Å². The predicted octanol–water partition coefficient (Wildman–Crippen LogP) is 5.60. The van der Waals surface area contributed by atoms with Crippen LogP contribution in [0.25, 0.3) is 10.8 Å². The maximum Gasteiger partial charge on any atom is 0.323 e. The van der Waals surface area contributed by atoms with E-state index in [9.17, 15) is 19.5 Å². The van der Waals surface area contributed by atoms with Gasteiger partial charge in [-0.1, -0.05) is 43.3 Å². The zero-order valence-electron chi connectivity index (χ0n) is 26.4. The molecule has 12 nitrogen and oxygen atoms in total. The molecule has 0 saturated heterocycles. The molecule has 0 fully saturated rings. The molecule has 0 radical (unpaired) electrons. The number of hydrogen-bond donors (Lipinski definition) is 4. The van der Waals surface area contributed by atoms with Crippen LogP contribution in [0.2, 0.25) is 0 Å². The first-order valence-electron chi connectivity index (χ1n) is 15.4. The number of fused-ring (bicyclic) bond motifs is 3. The number of carbonyl (C=O) groups is 3. The fourth-order valence-corrected chi connectivity index (χ4v) is 5.68. The molecule has 0 unspecified atom stereocenters. The molecule has 0 bridgehead atoms. The largest absolute Gasteiger partial charge is 0.487 e. The molecule has 5 amide bonds. The molecule has 2 aliphatic heterocycles. The smallest absolute Gasteiger partial charge is 0.323 e. The molecule has 244 valence electrons. The summed E-state index contributed by atoms with van der Waals surface area (Å²) in [6, 6.07) is 22.1. The number of urea groups is 2. The van der Waals surface area contributed by atoms with E-state index in [0.29, 0.717) is 34.3 Å². The summed E-state index contributed by atoms with van der Waals surface area (Å²) >= 11 is 0. The summed E-state index contributed by atoms with van der Waals surface area (Å²) < 4.78 is 17.2. The second kappa shape index (κ2) is 13.5. The molecular formula is C35H37N5O7. The molecule has 0 aliphatic carbocycles. The number of rotatable bonds is 7. The molecule has 47 heavy (non-hydrogen) atoms. The van der Waals surface area contributed by atoms with Crippen molar-refractivity contribution in [3.05, 3.63) is 84.4 Å². The summed E-state index contributed by atoms with van der Waals surface area (Å²) in [6.07, 6.45) is -0.504. The monoisotopic (exact) mass is 639 g/mol. The summed E-state index contributed by atoms with van der Waals surface area (Å²) in [5.74, 6) is 0.949. The van der Waals surface area contributed by atoms with Crippen molar-refractivity contribution in [3.63, 3.8) is 0 Å². The van der Waals surface area contributed by atoms with Crippen molar-refractivity contribution in [1.29, 1.82) is 0 Å². The van der Waals surface area contributed by atoms with Gasteiger partial charge in [0.1, 0.15) is 11.9 Å². The molecule has 0 aromatic heterocycles. The average Bonchev–Trinajstić information content (AvgIpc) is 3.54. The molecule has 4 aromatic rings. The number of aliphatic hydroxyl groups excluding tert-OH is 1. The lowest BCUT2D eigenvalue weighted by Gasteiger charge is -2.38. The number of carbonyl (C=O) groups excluding carboxylic acids is 3. The van der Waals surface area contributed by atoms with Crippen LogP contribution >= 0.6 is 0 Å². The van der Waals surface area contributed by atoms with E-state index in [1.165, 1.54) is 4.90 Å². The van der Waals surface area contributed by atoms with Crippen molar-refractivity contribution in [2.45, 2.75) is 26.0 Å². The average molecular weight is 640 g/mol. The first-order chi connectivity index (χ1) is 22.7. The Labute approximate surface area is 272 Å². The predicted molar refractivity (Wildman–Crippen MR) is 178 cm³/mol. The third-order valence-electron chi connectivity index (χ3n) is 8.38. The van der Waals surface area contributed by atoms with Crippen LogP contribution in [-0.4, -0.2) is 78.6 Å².